The smallest absolute Gasteiger partial charge is 0.268 e. The molecule has 0 spiro atoms. The number of nitrogens with two attached hydrogens (primary N) is 1. The topological polar surface area (TPSA) is 77.9 Å². The van der Waals surface area contributed by atoms with Crippen LogP contribution in [0.2, 0.25) is 0 Å². The first-order valence-corrected chi connectivity index (χ1v) is 7.06. The molecule has 0 aliphatic rings. The Morgan fingerprint density at radius 1 is 1.43 bits per heavy atom. The Morgan fingerprint density at radius 3 is 2.62 bits per heavy atom. The molecule has 0 saturated heterocycles. The minimum Gasteiger partial charge on any atom is -0.397 e. The van der Waals surface area contributed by atoms with E-state index in [0.717, 1.165) is 17.0 Å². The average Bonchev–Trinajstić information content (AvgIpc) is 2.90. The summed E-state index contributed by atoms with van der Waals surface area (Å²) in [6.45, 7) is 8.45. The van der Waals surface area contributed by atoms with Gasteiger partial charge in [-0.15, -0.1) is 0 Å². The molecule has 2 aromatic heterocycles. The van der Waals surface area contributed by atoms with Crippen LogP contribution in [0.5, 0.6) is 0 Å². The highest BCUT2D eigenvalue weighted by molar-refractivity contribution is 5.93. The molecule has 0 fully saturated rings. The summed E-state index contributed by atoms with van der Waals surface area (Å²) in [7, 11) is 1.90. The Morgan fingerprint density at radius 2 is 2.10 bits per heavy atom. The van der Waals surface area contributed by atoms with Crippen LogP contribution in [0.15, 0.2) is 12.3 Å². The molecule has 2 heterocycles. The Balaban J connectivity index is 2.16. The summed E-state index contributed by atoms with van der Waals surface area (Å²) in [5, 5.41) is 7.30. The maximum Gasteiger partial charge on any atom is 0.268 e. The van der Waals surface area contributed by atoms with E-state index in [1.807, 2.05) is 44.0 Å². The number of aromatic nitrogens is 3. The average molecular weight is 289 g/mol. The SMILES string of the molecule is Cc1nn(C)c(C)c1CNC(=O)c1cc(N)cn1C(C)C. The van der Waals surface area contributed by atoms with E-state index >= 15 is 0 Å². The van der Waals surface area contributed by atoms with Gasteiger partial charge in [-0.1, -0.05) is 0 Å². The number of carbonyl (C=O) groups excluding carboxylic acids is 1. The summed E-state index contributed by atoms with van der Waals surface area (Å²) in [5.41, 5.74) is 10.0. The van der Waals surface area contributed by atoms with Crippen LogP contribution < -0.4 is 11.1 Å². The maximum absolute atomic E-state index is 12.4. The molecule has 0 bridgehead atoms. The van der Waals surface area contributed by atoms with Crippen LogP contribution in [0.1, 0.15) is 47.3 Å². The molecule has 1 amide bonds. The van der Waals surface area contributed by atoms with E-state index in [1.165, 1.54) is 0 Å². The quantitative estimate of drug-likeness (QED) is 0.902. The molecule has 0 atom stereocenters. The molecule has 0 aliphatic heterocycles. The second-order valence-corrected chi connectivity index (χ2v) is 5.62. The predicted octanol–water partition coefficient (Wildman–Crippen LogP) is 1.93. The van der Waals surface area contributed by atoms with E-state index in [1.54, 1.807) is 12.3 Å². The largest absolute Gasteiger partial charge is 0.397 e. The van der Waals surface area contributed by atoms with Gasteiger partial charge in [-0.05, 0) is 33.8 Å². The van der Waals surface area contributed by atoms with Gasteiger partial charge in [-0.25, -0.2) is 0 Å². The number of nitrogens with one attached hydrogen (secondary N) is 1. The van der Waals surface area contributed by atoms with Crippen molar-refractivity contribution in [2.24, 2.45) is 7.05 Å². The molecule has 0 saturated carbocycles. The zero-order valence-corrected chi connectivity index (χ0v) is 13.3. The van der Waals surface area contributed by atoms with Crippen LogP contribution in [0.4, 0.5) is 5.69 Å². The zero-order valence-electron chi connectivity index (χ0n) is 13.3. The van der Waals surface area contributed by atoms with Crippen LogP contribution in [0.25, 0.3) is 0 Å². The van der Waals surface area contributed by atoms with Gasteiger partial charge >= 0.3 is 0 Å². The van der Waals surface area contributed by atoms with E-state index in [9.17, 15) is 4.79 Å². The first-order chi connectivity index (χ1) is 9.81. The summed E-state index contributed by atoms with van der Waals surface area (Å²) in [5.74, 6) is -0.122. The number of anilines is 1. The minimum absolute atomic E-state index is 0.122. The minimum atomic E-state index is -0.122. The van der Waals surface area contributed by atoms with Crippen molar-refractivity contribution in [3.63, 3.8) is 0 Å². The standard InChI is InChI=1S/C15H23N5O/c1-9(2)20-8-12(16)6-14(20)15(21)17-7-13-10(3)18-19(5)11(13)4/h6,8-9H,7,16H2,1-5H3,(H,17,21). The third kappa shape index (κ3) is 2.94. The highest BCUT2D eigenvalue weighted by atomic mass is 16.1. The summed E-state index contributed by atoms with van der Waals surface area (Å²) < 4.78 is 3.71. The van der Waals surface area contributed by atoms with Gasteiger partial charge in [-0.2, -0.15) is 5.10 Å². The van der Waals surface area contributed by atoms with Crippen LogP contribution >= 0.6 is 0 Å². The van der Waals surface area contributed by atoms with E-state index in [-0.39, 0.29) is 11.9 Å². The van der Waals surface area contributed by atoms with Gasteiger partial charge in [0.25, 0.3) is 5.91 Å². The van der Waals surface area contributed by atoms with Gasteiger partial charge < -0.3 is 15.6 Å². The van der Waals surface area contributed by atoms with Gasteiger partial charge in [0.1, 0.15) is 5.69 Å². The fourth-order valence-electron chi connectivity index (χ4n) is 2.44. The molecule has 0 unspecified atom stereocenters. The summed E-state index contributed by atoms with van der Waals surface area (Å²) in [6, 6.07) is 1.89. The lowest BCUT2D eigenvalue weighted by molar-refractivity contribution is 0.0940. The lowest BCUT2D eigenvalue weighted by Gasteiger charge is -2.12. The molecule has 0 aromatic carbocycles. The first kappa shape index (κ1) is 15.2. The molecule has 0 aliphatic carbocycles. The van der Waals surface area contributed by atoms with Crippen LogP contribution in [0, 0.1) is 13.8 Å². The highest BCUT2D eigenvalue weighted by Gasteiger charge is 2.16. The summed E-state index contributed by atoms with van der Waals surface area (Å²) in [4.78, 5) is 12.4. The number of amides is 1. The van der Waals surface area contributed by atoms with E-state index < -0.39 is 0 Å². The van der Waals surface area contributed by atoms with Crippen molar-refractivity contribution in [2.75, 3.05) is 5.73 Å². The number of rotatable bonds is 4. The number of nitrogen functional groups attached to an aromatic ring is 1. The van der Waals surface area contributed by atoms with E-state index in [0.29, 0.717) is 17.9 Å². The van der Waals surface area contributed by atoms with Gasteiger partial charge in [0.05, 0.1) is 11.4 Å². The number of hydrogen-bond acceptors (Lipinski definition) is 3. The second-order valence-electron chi connectivity index (χ2n) is 5.62. The Bertz CT molecular complexity index is 666. The fourth-order valence-corrected chi connectivity index (χ4v) is 2.44. The monoisotopic (exact) mass is 289 g/mol. The van der Waals surface area contributed by atoms with Crippen LogP contribution in [-0.4, -0.2) is 20.3 Å². The predicted molar refractivity (Wildman–Crippen MR) is 83.1 cm³/mol. The van der Waals surface area contributed by atoms with Gasteiger partial charge in [-0.3, -0.25) is 9.48 Å². The van der Waals surface area contributed by atoms with Crippen molar-refractivity contribution in [3.05, 3.63) is 34.9 Å². The molecule has 21 heavy (non-hydrogen) atoms. The molecule has 6 nitrogen and oxygen atoms in total. The lowest BCUT2D eigenvalue weighted by Crippen LogP contribution is -2.26. The molecular weight excluding hydrogens is 266 g/mol. The third-order valence-corrected chi connectivity index (χ3v) is 3.74. The van der Waals surface area contributed by atoms with E-state index in [2.05, 4.69) is 10.4 Å². The number of nitrogens with zero attached hydrogens (tertiary/aromatic N) is 3. The molecule has 6 heteroatoms. The molecule has 2 aromatic rings. The first-order valence-electron chi connectivity index (χ1n) is 7.06. The van der Waals surface area contributed by atoms with Crippen LogP contribution in [0.3, 0.4) is 0 Å². The molecule has 114 valence electrons. The molecular formula is C15H23N5O. The number of hydrogen-bond donors (Lipinski definition) is 2. The van der Waals surface area contributed by atoms with Gasteiger partial charge in [0, 0.05) is 37.1 Å². The normalized spacial score (nSPS) is 11.1. The summed E-state index contributed by atoms with van der Waals surface area (Å²) >= 11 is 0. The Hall–Kier alpha value is -2.24. The van der Waals surface area contributed by atoms with Crippen molar-refractivity contribution in [1.29, 1.82) is 0 Å². The van der Waals surface area contributed by atoms with Gasteiger partial charge in [0.15, 0.2) is 0 Å². The lowest BCUT2D eigenvalue weighted by atomic mass is 10.2. The van der Waals surface area contributed by atoms with Crippen molar-refractivity contribution in [2.45, 2.75) is 40.3 Å². The molecule has 0 radical (unpaired) electrons. The van der Waals surface area contributed by atoms with Crippen molar-refractivity contribution in [3.8, 4) is 0 Å². The third-order valence-electron chi connectivity index (χ3n) is 3.74. The van der Waals surface area contributed by atoms with Crippen molar-refractivity contribution in [1.82, 2.24) is 19.7 Å². The number of carbonyl (C=O) groups is 1. The van der Waals surface area contributed by atoms with E-state index in [4.69, 9.17) is 5.73 Å². The Kier molecular flexibility index (Phi) is 4.06. The molecule has 3 N–H and O–H groups in total. The Labute approximate surface area is 124 Å². The van der Waals surface area contributed by atoms with Crippen LogP contribution in [-0.2, 0) is 13.6 Å². The second kappa shape index (κ2) is 5.63. The number of aryl methyl sites for hydroxylation is 2. The van der Waals surface area contributed by atoms with Gasteiger partial charge in [0.2, 0.25) is 0 Å². The molecule has 2 rings (SSSR count). The van der Waals surface area contributed by atoms with Crippen molar-refractivity contribution < 1.29 is 4.79 Å². The van der Waals surface area contributed by atoms with Crippen molar-refractivity contribution >= 4 is 11.6 Å². The maximum atomic E-state index is 12.4. The fraction of sp³-hybridized carbons (Fsp3) is 0.467. The zero-order chi connectivity index (χ0) is 15.7. The summed E-state index contributed by atoms with van der Waals surface area (Å²) in [6.07, 6.45) is 1.79. The highest BCUT2D eigenvalue weighted by Crippen LogP contribution is 2.17.